The summed E-state index contributed by atoms with van der Waals surface area (Å²) in [6.07, 6.45) is -4.90. The summed E-state index contributed by atoms with van der Waals surface area (Å²) in [7, 11) is -4.03. The molecule has 0 amide bonds. The molecule has 1 aromatic carbocycles. The van der Waals surface area contributed by atoms with Gasteiger partial charge in [-0.3, -0.25) is 0 Å². The molecule has 1 heterocycles. The van der Waals surface area contributed by atoms with E-state index in [1.807, 2.05) is 0 Å². The van der Waals surface area contributed by atoms with Crippen molar-refractivity contribution in [3.05, 3.63) is 30.1 Å². The number of tetrazole rings is 1. The van der Waals surface area contributed by atoms with E-state index >= 15 is 0 Å². The van der Waals surface area contributed by atoms with Crippen molar-refractivity contribution in [1.29, 1.82) is 0 Å². The van der Waals surface area contributed by atoms with Gasteiger partial charge in [-0.2, -0.15) is 5.21 Å². The van der Waals surface area contributed by atoms with Gasteiger partial charge in [0, 0.05) is 6.07 Å². The van der Waals surface area contributed by atoms with Crippen molar-refractivity contribution >= 4 is 10.0 Å². The summed E-state index contributed by atoms with van der Waals surface area (Å²) in [6.45, 7) is -0.261. The quantitative estimate of drug-likeness (QED) is 0.833. The van der Waals surface area contributed by atoms with Gasteiger partial charge in [0.1, 0.15) is 5.75 Å². The first-order valence-corrected chi connectivity index (χ1v) is 6.82. The second kappa shape index (κ2) is 5.65. The number of alkyl halides is 3. The van der Waals surface area contributed by atoms with Crippen LogP contribution in [0.1, 0.15) is 5.82 Å². The highest BCUT2D eigenvalue weighted by Crippen LogP contribution is 2.24. The number of nitrogens with one attached hydrogen (secondary N) is 2. The maximum absolute atomic E-state index is 12.1. The molecular formula is C9H8F3N5O3S. The first-order chi connectivity index (χ1) is 9.76. The minimum absolute atomic E-state index is 0.0845. The lowest BCUT2D eigenvalue weighted by Gasteiger charge is -2.10. The third-order valence-electron chi connectivity index (χ3n) is 2.16. The van der Waals surface area contributed by atoms with Gasteiger partial charge in [-0.25, -0.2) is 13.1 Å². The molecular weight excluding hydrogens is 315 g/mol. The van der Waals surface area contributed by atoms with Crippen molar-refractivity contribution in [2.75, 3.05) is 0 Å². The summed E-state index contributed by atoms with van der Waals surface area (Å²) in [6, 6.07) is 4.00. The van der Waals surface area contributed by atoms with E-state index in [1.54, 1.807) is 0 Å². The SMILES string of the molecule is O=S(=O)(NCc1nn[nH]n1)c1cccc(OC(F)(F)F)c1. The molecule has 1 aromatic heterocycles. The molecule has 8 nitrogen and oxygen atoms in total. The molecule has 0 aliphatic carbocycles. The molecule has 0 radical (unpaired) electrons. The van der Waals surface area contributed by atoms with Crippen molar-refractivity contribution in [3.8, 4) is 5.75 Å². The second-order valence-electron chi connectivity index (χ2n) is 3.68. The van der Waals surface area contributed by atoms with Gasteiger partial charge in [0.05, 0.1) is 11.4 Å². The van der Waals surface area contributed by atoms with Gasteiger partial charge in [0.25, 0.3) is 0 Å². The van der Waals surface area contributed by atoms with Gasteiger partial charge in [-0.05, 0) is 12.1 Å². The van der Waals surface area contributed by atoms with Crippen LogP contribution in [-0.4, -0.2) is 35.4 Å². The molecule has 0 atom stereocenters. The van der Waals surface area contributed by atoms with E-state index < -0.39 is 22.1 Å². The summed E-state index contributed by atoms with van der Waals surface area (Å²) in [4.78, 5) is -0.382. The summed E-state index contributed by atoms with van der Waals surface area (Å²) in [5, 5.41) is 12.4. The third kappa shape index (κ3) is 4.39. The normalized spacial score (nSPS) is 12.3. The second-order valence-corrected chi connectivity index (χ2v) is 5.44. The van der Waals surface area contributed by atoms with Crippen molar-refractivity contribution in [3.63, 3.8) is 0 Å². The number of ether oxygens (including phenoxy) is 1. The zero-order valence-corrected chi connectivity index (χ0v) is 10.9. The Labute approximate surface area is 116 Å². The molecule has 2 aromatic rings. The Morgan fingerprint density at radius 2 is 2.10 bits per heavy atom. The third-order valence-corrected chi connectivity index (χ3v) is 3.56. The Morgan fingerprint density at radius 3 is 2.71 bits per heavy atom. The Kier molecular flexibility index (Phi) is 4.09. The van der Waals surface area contributed by atoms with E-state index in [1.165, 1.54) is 0 Å². The van der Waals surface area contributed by atoms with Crippen LogP contribution in [0.3, 0.4) is 0 Å². The molecule has 0 aliphatic heterocycles. The highest BCUT2D eigenvalue weighted by molar-refractivity contribution is 7.89. The predicted molar refractivity (Wildman–Crippen MR) is 61.3 cm³/mol. The van der Waals surface area contributed by atoms with Crippen LogP contribution in [0, 0.1) is 0 Å². The predicted octanol–water partition coefficient (Wildman–Crippen LogP) is 0.577. The Balaban J connectivity index is 2.14. The molecule has 21 heavy (non-hydrogen) atoms. The topological polar surface area (TPSA) is 110 Å². The van der Waals surface area contributed by atoms with Crippen LogP contribution in [0.15, 0.2) is 29.2 Å². The molecule has 2 N–H and O–H groups in total. The Bertz CT molecular complexity index is 702. The smallest absolute Gasteiger partial charge is 0.406 e. The lowest BCUT2D eigenvalue weighted by atomic mass is 10.3. The summed E-state index contributed by atoms with van der Waals surface area (Å²) in [5.41, 5.74) is 0. The first kappa shape index (κ1) is 15.2. The number of halogens is 3. The standard InChI is InChI=1S/C9H8F3N5O3S/c10-9(11,12)20-6-2-1-3-7(4-6)21(18,19)13-5-8-14-16-17-15-8/h1-4,13H,5H2,(H,14,15,16,17). The lowest BCUT2D eigenvalue weighted by molar-refractivity contribution is -0.274. The fraction of sp³-hybridized carbons (Fsp3) is 0.222. The monoisotopic (exact) mass is 323 g/mol. The number of benzene rings is 1. The number of aromatic nitrogens is 4. The summed E-state index contributed by atoms with van der Waals surface area (Å²) in [5.74, 6) is -0.550. The van der Waals surface area contributed by atoms with Crippen molar-refractivity contribution in [1.82, 2.24) is 25.3 Å². The van der Waals surface area contributed by atoms with Gasteiger partial charge in [-0.15, -0.1) is 23.4 Å². The largest absolute Gasteiger partial charge is 0.573 e. The average molecular weight is 323 g/mol. The molecule has 0 saturated heterocycles. The number of hydrogen-bond donors (Lipinski definition) is 2. The fourth-order valence-corrected chi connectivity index (χ4v) is 2.35. The highest BCUT2D eigenvalue weighted by Gasteiger charge is 2.31. The van der Waals surface area contributed by atoms with E-state index in [0.29, 0.717) is 0 Å². The van der Waals surface area contributed by atoms with E-state index in [2.05, 4.69) is 30.1 Å². The molecule has 2 rings (SSSR count). The number of H-pyrrole nitrogens is 1. The van der Waals surface area contributed by atoms with E-state index in [9.17, 15) is 21.6 Å². The maximum atomic E-state index is 12.1. The van der Waals surface area contributed by atoms with E-state index in [0.717, 1.165) is 24.3 Å². The van der Waals surface area contributed by atoms with Crippen LogP contribution < -0.4 is 9.46 Å². The lowest BCUT2D eigenvalue weighted by Crippen LogP contribution is -2.24. The first-order valence-electron chi connectivity index (χ1n) is 5.34. The molecule has 0 aliphatic rings. The minimum Gasteiger partial charge on any atom is -0.406 e. The van der Waals surface area contributed by atoms with Gasteiger partial charge in [-0.1, -0.05) is 11.3 Å². The molecule has 114 valence electrons. The Hall–Kier alpha value is -2.21. The minimum atomic E-state index is -4.90. The summed E-state index contributed by atoms with van der Waals surface area (Å²) >= 11 is 0. The molecule has 0 spiro atoms. The van der Waals surface area contributed by atoms with Crippen LogP contribution >= 0.6 is 0 Å². The number of hydrogen-bond acceptors (Lipinski definition) is 6. The van der Waals surface area contributed by atoms with E-state index in [-0.39, 0.29) is 17.3 Å². The van der Waals surface area contributed by atoms with Gasteiger partial charge < -0.3 is 4.74 Å². The molecule has 0 bridgehead atoms. The van der Waals surface area contributed by atoms with Crippen LogP contribution in [0.25, 0.3) is 0 Å². The van der Waals surface area contributed by atoms with Crippen molar-refractivity contribution < 1.29 is 26.3 Å². The van der Waals surface area contributed by atoms with Crippen LogP contribution in [0.4, 0.5) is 13.2 Å². The zero-order chi connectivity index (χ0) is 15.5. The van der Waals surface area contributed by atoms with Crippen LogP contribution in [-0.2, 0) is 16.6 Å². The average Bonchev–Trinajstić information content (AvgIpc) is 2.88. The molecule has 0 fully saturated rings. The highest BCUT2D eigenvalue weighted by atomic mass is 32.2. The zero-order valence-electron chi connectivity index (χ0n) is 10.1. The van der Waals surface area contributed by atoms with Crippen molar-refractivity contribution in [2.45, 2.75) is 17.8 Å². The fourth-order valence-electron chi connectivity index (χ4n) is 1.34. The molecule has 0 unspecified atom stereocenters. The van der Waals surface area contributed by atoms with Crippen LogP contribution in [0.5, 0.6) is 5.75 Å². The van der Waals surface area contributed by atoms with Gasteiger partial charge >= 0.3 is 6.36 Å². The van der Waals surface area contributed by atoms with Gasteiger partial charge in [0.2, 0.25) is 10.0 Å². The number of rotatable bonds is 5. The maximum Gasteiger partial charge on any atom is 0.573 e. The molecule has 0 saturated carbocycles. The number of sulfonamides is 1. The molecule has 12 heteroatoms. The van der Waals surface area contributed by atoms with Crippen LogP contribution in [0.2, 0.25) is 0 Å². The number of aromatic amines is 1. The Morgan fingerprint density at radius 1 is 1.33 bits per heavy atom. The van der Waals surface area contributed by atoms with Crippen molar-refractivity contribution in [2.24, 2.45) is 0 Å². The van der Waals surface area contributed by atoms with E-state index in [4.69, 9.17) is 0 Å². The number of nitrogens with zero attached hydrogens (tertiary/aromatic N) is 3. The summed E-state index contributed by atoms with van der Waals surface area (Å²) < 4.78 is 65.9. The van der Waals surface area contributed by atoms with Gasteiger partial charge in [0.15, 0.2) is 5.82 Å².